The van der Waals surface area contributed by atoms with E-state index < -0.39 is 11.8 Å². The predicted molar refractivity (Wildman–Crippen MR) is 250 cm³/mol. The van der Waals surface area contributed by atoms with Gasteiger partial charge in [0, 0.05) is 71.7 Å². The molecule has 11 heteroatoms. The molecule has 0 fully saturated rings. The minimum Gasteiger partial charge on any atom is -0.353 e. The monoisotopic (exact) mass is 846 g/mol. The maximum absolute atomic E-state index is 13.1. The van der Waals surface area contributed by atoms with Gasteiger partial charge in [0.2, 0.25) is 0 Å². The van der Waals surface area contributed by atoms with E-state index in [1.807, 2.05) is 85.1 Å². The first-order valence-corrected chi connectivity index (χ1v) is 21.9. The molecule has 4 N–H and O–H groups in total. The van der Waals surface area contributed by atoms with Crippen LogP contribution in [0.2, 0.25) is 5.15 Å². The minimum atomic E-state index is -0.425. The quantitative estimate of drug-likeness (QED) is 0.104. The third-order valence-electron chi connectivity index (χ3n) is 13.3. The molecule has 2 aliphatic carbocycles. The van der Waals surface area contributed by atoms with Crippen molar-refractivity contribution in [2.24, 2.45) is 0 Å². The van der Waals surface area contributed by atoms with Gasteiger partial charge in [0.05, 0.1) is 45.4 Å². The zero-order valence-corrected chi connectivity index (χ0v) is 34.7. The summed E-state index contributed by atoms with van der Waals surface area (Å²) in [6.07, 6.45) is 17.5. The summed E-state index contributed by atoms with van der Waals surface area (Å²) >= 11 is 6.56. The van der Waals surface area contributed by atoms with Crippen molar-refractivity contribution in [3.63, 3.8) is 0 Å². The average molecular weight is 847 g/mol. The van der Waals surface area contributed by atoms with E-state index in [1.165, 1.54) is 0 Å². The third kappa shape index (κ3) is 5.57. The van der Waals surface area contributed by atoms with E-state index in [2.05, 4.69) is 72.2 Å². The van der Waals surface area contributed by atoms with Crippen LogP contribution >= 0.6 is 11.6 Å². The Morgan fingerprint density at radius 2 is 1.11 bits per heavy atom. The Balaban J connectivity index is 0.000000134. The van der Waals surface area contributed by atoms with Crippen LogP contribution in [0.5, 0.6) is 0 Å². The van der Waals surface area contributed by atoms with Gasteiger partial charge in [-0.25, -0.2) is 0 Å². The summed E-state index contributed by atoms with van der Waals surface area (Å²) in [5.41, 5.74) is 8.86. The lowest BCUT2D eigenvalue weighted by atomic mass is 9.95. The summed E-state index contributed by atoms with van der Waals surface area (Å²) in [6, 6.07) is 32.3. The van der Waals surface area contributed by atoms with Gasteiger partial charge >= 0.3 is 0 Å². The normalized spacial score (nSPS) is 18.7. The predicted octanol–water partition coefficient (Wildman–Crippen LogP) is 11.2. The lowest BCUT2D eigenvalue weighted by Crippen LogP contribution is -2.22. The number of rotatable bonds is 4. The van der Waals surface area contributed by atoms with Crippen LogP contribution in [0, 0.1) is 0 Å². The zero-order chi connectivity index (χ0) is 42.5. The van der Waals surface area contributed by atoms with Crippen LogP contribution in [-0.2, 0) is 9.59 Å². The molecular weight excluding hydrogens is 808 g/mol. The second-order valence-electron chi connectivity index (χ2n) is 16.8. The highest BCUT2D eigenvalue weighted by molar-refractivity contribution is 6.52. The summed E-state index contributed by atoms with van der Waals surface area (Å²) < 4.78 is 4.59. The number of halogens is 1. The Morgan fingerprint density at radius 1 is 0.540 bits per heavy atom. The molecule has 2 aliphatic heterocycles. The number of amides is 4. The lowest BCUT2D eigenvalue weighted by Gasteiger charge is -2.21. The molecule has 0 saturated carbocycles. The Labute approximate surface area is 364 Å². The highest BCUT2D eigenvalue weighted by Crippen LogP contribution is 2.46. The summed E-state index contributed by atoms with van der Waals surface area (Å²) in [5, 5.41) is 10.9. The van der Waals surface area contributed by atoms with Crippen LogP contribution in [0.25, 0.3) is 76.6 Å². The van der Waals surface area contributed by atoms with Crippen LogP contribution in [0.4, 0.5) is 0 Å². The molecule has 13 rings (SSSR count). The van der Waals surface area contributed by atoms with Gasteiger partial charge in [-0.3, -0.25) is 29.8 Å². The zero-order valence-electron chi connectivity index (χ0n) is 33.9. The molecule has 4 aromatic heterocycles. The smallest absolute Gasteiger partial charge is 0.259 e. The number of nitrogens with zero attached hydrogens (tertiary/aromatic N) is 2. The number of para-hydroxylation sites is 4. The van der Waals surface area contributed by atoms with E-state index >= 15 is 0 Å². The Kier molecular flexibility index (Phi) is 8.49. The number of H-pyrrole nitrogens is 2. The van der Waals surface area contributed by atoms with Crippen LogP contribution in [0.3, 0.4) is 0 Å². The minimum absolute atomic E-state index is 0.212. The van der Waals surface area contributed by atoms with E-state index in [0.29, 0.717) is 33.0 Å². The van der Waals surface area contributed by atoms with Crippen LogP contribution < -0.4 is 10.6 Å². The molecule has 9 aromatic rings. The maximum Gasteiger partial charge on any atom is 0.259 e. The van der Waals surface area contributed by atoms with E-state index in [1.54, 1.807) is 0 Å². The number of benzene rings is 5. The van der Waals surface area contributed by atoms with Gasteiger partial charge < -0.3 is 19.1 Å². The number of allylic oxidation sites excluding steroid dienone is 4. The molecule has 4 aliphatic rings. The number of imide groups is 2. The van der Waals surface area contributed by atoms with Gasteiger partial charge in [-0.15, -0.1) is 0 Å². The standard InChI is InChI=1S/C26H20ClN3O2.C26H19N3O2/c27-24-21(17-11-4-6-12-19(17)28-24)23-22(25(31)29-26(23)32)18-14-30(15-8-2-1-3-9-15)20-13-7-5-10-16(18)20;30-25-21-19-15-10-4-6-12-17(15)27-23(19)24-20(22(21)26(31)28-25)16-11-5-7-13-18(16)29(24)14-8-2-1-3-9-14/h2,4-8,10-15,28H,1,3,9H2,(H,29,31,32);2,4-8,10-14,27H,1,3,9H2,(H,28,30,31). The molecule has 0 bridgehead atoms. The van der Waals surface area contributed by atoms with Gasteiger partial charge in [-0.1, -0.05) is 109 Å². The van der Waals surface area contributed by atoms with Crippen LogP contribution in [0.1, 0.15) is 82.5 Å². The Hall–Kier alpha value is -7.43. The second-order valence-corrected chi connectivity index (χ2v) is 17.2. The van der Waals surface area contributed by atoms with Crippen molar-refractivity contribution in [2.75, 3.05) is 0 Å². The largest absolute Gasteiger partial charge is 0.353 e. The molecule has 308 valence electrons. The fourth-order valence-electron chi connectivity index (χ4n) is 10.6. The molecule has 10 nitrogen and oxygen atoms in total. The van der Waals surface area contributed by atoms with Crippen molar-refractivity contribution in [1.82, 2.24) is 29.7 Å². The lowest BCUT2D eigenvalue weighted by molar-refractivity contribution is -0.122. The number of nitrogens with one attached hydrogen (secondary N) is 4. The van der Waals surface area contributed by atoms with Gasteiger partial charge in [0.15, 0.2) is 0 Å². The molecule has 0 spiro atoms. The molecular formula is C52H39ClN6O4. The Bertz CT molecular complexity index is 3590. The topological polar surface area (TPSA) is 134 Å². The first kappa shape index (κ1) is 37.3. The van der Waals surface area contributed by atoms with E-state index in [9.17, 15) is 19.2 Å². The first-order chi connectivity index (χ1) is 30.9. The van der Waals surface area contributed by atoms with Crippen LogP contribution in [0.15, 0.2) is 128 Å². The molecule has 2 unspecified atom stereocenters. The molecule has 4 amide bonds. The first-order valence-electron chi connectivity index (χ1n) is 21.5. The van der Waals surface area contributed by atoms with Crippen molar-refractivity contribution in [2.45, 2.75) is 50.6 Å². The average Bonchev–Trinajstić information content (AvgIpc) is 4.15. The van der Waals surface area contributed by atoms with Gasteiger partial charge in [0.25, 0.3) is 23.6 Å². The fraction of sp³-hybridized carbons (Fsp3) is 0.154. The molecule has 63 heavy (non-hydrogen) atoms. The maximum atomic E-state index is 13.1. The summed E-state index contributed by atoms with van der Waals surface area (Å²) in [5.74, 6) is -1.44. The van der Waals surface area contributed by atoms with Gasteiger partial charge in [-0.05, 0) is 62.8 Å². The Morgan fingerprint density at radius 3 is 1.83 bits per heavy atom. The molecule has 0 saturated heterocycles. The summed E-state index contributed by atoms with van der Waals surface area (Å²) in [4.78, 5) is 58.9. The van der Waals surface area contributed by atoms with Crippen molar-refractivity contribution in [1.29, 1.82) is 0 Å². The van der Waals surface area contributed by atoms with Crippen molar-refractivity contribution < 1.29 is 19.2 Å². The third-order valence-corrected chi connectivity index (χ3v) is 13.6. The van der Waals surface area contributed by atoms with Crippen molar-refractivity contribution in [3.8, 4) is 0 Å². The molecule has 0 radical (unpaired) electrons. The van der Waals surface area contributed by atoms with Crippen molar-refractivity contribution >= 4 is 112 Å². The second kappa shape index (κ2) is 14.3. The number of carbonyl (C=O) groups is 4. The van der Waals surface area contributed by atoms with Gasteiger partial charge in [-0.2, -0.15) is 0 Å². The van der Waals surface area contributed by atoms with E-state index in [-0.39, 0.29) is 23.9 Å². The number of carbonyl (C=O) groups excluding carboxylic acids is 4. The molecule has 5 aromatic carbocycles. The molecule has 6 heterocycles. The van der Waals surface area contributed by atoms with Gasteiger partial charge in [0.1, 0.15) is 5.15 Å². The van der Waals surface area contributed by atoms with E-state index in [0.717, 1.165) is 110 Å². The number of hydrogen-bond donors (Lipinski definition) is 4. The number of aromatic amines is 2. The number of fused-ring (bicyclic) bond motifs is 12. The van der Waals surface area contributed by atoms with Crippen LogP contribution in [-0.4, -0.2) is 42.7 Å². The SMILES string of the molecule is O=C1NC(=O)C(c2cn(C3C=CCCC3)c3ccccc23)=C1c1c(Cl)[nH]c2ccccc12.O=C1NC(=O)c2c1c1c3ccccc3[nH]c1c1c2c2ccccc2n1C1C=CCCC1. The fourth-order valence-corrected chi connectivity index (χ4v) is 10.9. The highest BCUT2D eigenvalue weighted by atomic mass is 35.5. The highest BCUT2D eigenvalue weighted by Gasteiger charge is 2.38. The molecule has 2 atom stereocenters. The van der Waals surface area contributed by atoms with Crippen molar-refractivity contribution in [3.05, 3.63) is 155 Å². The summed E-state index contributed by atoms with van der Waals surface area (Å²) in [6.45, 7) is 0. The number of aromatic nitrogens is 4. The number of hydrogen-bond acceptors (Lipinski definition) is 4. The van der Waals surface area contributed by atoms with E-state index in [4.69, 9.17) is 11.6 Å². The summed E-state index contributed by atoms with van der Waals surface area (Å²) in [7, 11) is 0.